The third kappa shape index (κ3) is 2.67. The number of aromatic nitrogens is 2. The van der Waals surface area contributed by atoms with Gasteiger partial charge in [0.1, 0.15) is 15.0 Å². The Labute approximate surface area is 117 Å². The molecule has 0 bridgehead atoms. The van der Waals surface area contributed by atoms with E-state index in [4.69, 9.17) is 0 Å². The minimum Gasteiger partial charge on any atom is -0.221 e. The molecular formula is C10H4Br3FN2. The zero-order valence-corrected chi connectivity index (χ0v) is 12.5. The molecule has 0 unspecified atom stereocenters. The molecule has 0 saturated carbocycles. The van der Waals surface area contributed by atoms with Gasteiger partial charge >= 0.3 is 0 Å². The number of hydrogen-bond acceptors (Lipinski definition) is 2. The van der Waals surface area contributed by atoms with Crippen molar-refractivity contribution in [2.75, 3.05) is 0 Å². The molecule has 0 saturated heterocycles. The Morgan fingerprint density at radius 3 is 2.19 bits per heavy atom. The van der Waals surface area contributed by atoms with E-state index in [0.717, 1.165) is 4.47 Å². The van der Waals surface area contributed by atoms with Gasteiger partial charge in [0, 0.05) is 16.1 Å². The van der Waals surface area contributed by atoms with Crippen LogP contribution < -0.4 is 0 Å². The number of benzene rings is 1. The Morgan fingerprint density at radius 2 is 1.56 bits per heavy atom. The van der Waals surface area contributed by atoms with Gasteiger partial charge in [0.15, 0.2) is 5.82 Å². The maximum absolute atomic E-state index is 13.1. The quantitative estimate of drug-likeness (QED) is 0.643. The highest BCUT2D eigenvalue weighted by Crippen LogP contribution is 2.28. The molecule has 0 fully saturated rings. The normalized spacial score (nSPS) is 10.5. The van der Waals surface area contributed by atoms with E-state index < -0.39 is 0 Å². The average molecular weight is 411 g/mol. The van der Waals surface area contributed by atoms with Crippen molar-refractivity contribution in [2.45, 2.75) is 0 Å². The van der Waals surface area contributed by atoms with Crippen molar-refractivity contribution in [1.82, 2.24) is 9.97 Å². The molecule has 0 radical (unpaired) electrons. The van der Waals surface area contributed by atoms with Crippen molar-refractivity contribution in [3.05, 3.63) is 43.8 Å². The minimum absolute atomic E-state index is 0.321. The standard InChI is InChI=1S/C10H4Br3FN2/c11-7-2-1-5(14)3-6(7)10-15-8(12)4-9(13)16-10/h1-4H. The fourth-order valence-electron chi connectivity index (χ4n) is 1.18. The summed E-state index contributed by atoms with van der Waals surface area (Å²) in [7, 11) is 0. The molecule has 16 heavy (non-hydrogen) atoms. The number of nitrogens with zero attached hydrogens (tertiary/aromatic N) is 2. The predicted molar refractivity (Wildman–Crippen MR) is 70.5 cm³/mol. The maximum atomic E-state index is 13.1. The van der Waals surface area contributed by atoms with Gasteiger partial charge in [0.05, 0.1) is 0 Å². The van der Waals surface area contributed by atoms with Crippen LogP contribution in [-0.2, 0) is 0 Å². The first-order chi connectivity index (χ1) is 7.56. The highest BCUT2D eigenvalue weighted by molar-refractivity contribution is 9.11. The largest absolute Gasteiger partial charge is 0.221 e. The Kier molecular flexibility index (Phi) is 3.71. The molecule has 1 aromatic carbocycles. The zero-order valence-electron chi connectivity index (χ0n) is 7.72. The summed E-state index contributed by atoms with van der Waals surface area (Å²) < 4.78 is 15.2. The summed E-state index contributed by atoms with van der Waals surface area (Å²) in [6.07, 6.45) is 0. The first-order valence-corrected chi connectivity index (χ1v) is 6.59. The molecule has 2 nitrogen and oxygen atoms in total. The molecule has 1 heterocycles. The van der Waals surface area contributed by atoms with Crippen LogP contribution in [0, 0.1) is 5.82 Å². The molecule has 0 atom stereocenters. The summed E-state index contributed by atoms with van der Waals surface area (Å²) in [6.45, 7) is 0. The van der Waals surface area contributed by atoms with Crippen molar-refractivity contribution >= 4 is 47.8 Å². The lowest BCUT2D eigenvalue weighted by molar-refractivity contribution is 0.628. The molecule has 2 aromatic rings. The van der Waals surface area contributed by atoms with Crippen LogP contribution in [0.15, 0.2) is 37.9 Å². The lowest BCUT2D eigenvalue weighted by atomic mass is 10.2. The molecule has 0 aliphatic heterocycles. The van der Waals surface area contributed by atoms with Crippen LogP contribution in [0.1, 0.15) is 0 Å². The third-order valence-electron chi connectivity index (χ3n) is 1.83. The Balaban J connectivity index is 2.62. The van der Waals surface area contributed by atoms with Crippen molar-refractivity contribution < 1.29 is 4.39 Å². The molecule has 0 amide bonds. The van der Waals surface area contributed by atoms with Crippen molar-refractivity contribution in [3.8, 4) is 11.4 Å². The highest BCUT2D eigenvalue weighted by atomic mass is 79.9. The van der Waals surface area contributed by atoms with Gasteiger partial charge in [-0.15, -0.1) is 0 Å². The van der Waals surface area contributed by atoms with Crippen molar-refractivity contribution in [1.29, 1.82) is 0 Å². The molecule has 0 aliphatic rings. The molecule has 2 rings (SSSR count). The van der Waals surface area contributed by atoms with E-state index >= 15 is 0 Å². The first kappa shape index (κ1) is 12.1. The van der Waals surface area contributed by atoms with Crippen LogP contribution in [0.3, 0.4) is 0 Å². The van der Waals surface area contributed by atoms with Crippen LogP contribution in [-0.4, -0.2) is 9.97 Å². The summed E-state index contributed by atoms with van der Waals surface area (Å²) in [5.41, 5.74) is 0.613. The van der Waals surface area contributed by atoms with E-state index in [1.165, 1.54) is 12.1 Å². The van der Waals surface area contributed by atoms with Crippen LogP contribution in [0.5, 0.6) is 0 Å². The molecule has 1 aromatic heterocycles. The van der Waals surface area contributed by atoms with Gasteiger partial charge in [-0.05, 0) is 50.1 Å². The fraction of sp³-hybridized carbons (Fsp3) is 0. The van der Waals surface area contributed by atoms with Crippen LogP contribution >= 0.6 is 47.8 Å². The van der Waals surface area contributed by atoms with E-state index in [9.17, 15) is 4.39 Å². The molecule has 0 aliphatic carbocycles. The molecule has 6 heteroatoms. The van der Waals surface area contributed by atoms with Crippen LogP contribution in [0.25, 0.3) is 11.4 Å². The topological polar surface area (TPSA) is 25.8 Å². The van der Waals surface area contributed by atoms with Gasteiger partial charge < -0.3 is 0 Å². The Morgan fingerprint density at radius 1 is 0.938 bits per heavy atom. The Bertz CT molecular complexity index is 525. The van der Waals surface area contributed by atoms with Gasteiger partial charge in [-0.2, -0.15) is 0 Å². The smallest absolute Gasteiger partial charge is 0.162 e. The van der Waals surface area contributed by atoms with Gasteiger partial charge in [0.25, 0.3) is 0 Å². The summed E-state index contributed by atoms with van der Waals surface area (Å²) >= 11 is 9.87. The molecular weight excluding hydrogens is 407 g/mol. The van der Waals surface area contributed by atoms with Gasteiger partial charge in [0.2, 0.25) is 0 Å². The lowest BCUT2D eigenvalue weighted by Gasteiger charge is -2.04. The highest BCUT2D eigenvalue weighted by Gasteiger charge is 2.09. The second-order valence-electron chi connectivity index (χ2n) is 2.96. The average Bonchev–Trinajstić information content (AvgIpc) is 2.20. The van der Waals surface area contributed by atoms with E-state index in [0.29, 0.717) is 20.6 Å². The van der Waals surface area contributed by atoms with Crippen molar-refractivity contribution in [3.63, 3.8) is 0 Å². The van der Waals surface area contributed by atoms with E-state index in [1.807, 2.05) is 0 Å². The molecule has 0 N–H and O–H groups in total. The van der Waals surface area contributed by atoms with Crippen molar-refractivity contribution in [2.24, 2.45) is 0 Å². The molecule has 82 valence electrons. The van der Waals surface area contributed by atoms with E-state index in [2.05, 4.69) is 57.8 Å². The van der Waals surface area contributed by atoms with Crippen LogP contribution in [0.2, 0.25) is 0 Å². The zero-order chi connectivity index (χ0) is 11.7. The summed E-state index contributed by atoms with van der Waals surface area (Å²) in [4.78, 5) is 8.37. The van der Waals surface area contributed by atoms with Gasteiger partial charge in [-0.25, -0.2) is 14.4 Å². The number of halogens is 4. The molecule has 0 spiro atoms. The van der Waals surface area contributed by atoms with Gasteiger partial charge in [-0.1, -0.05) is 15.9 Å². The first-order valence-electron chi connectivity index (χ1n) is 4.22. The van der Waals surface area contributed by atoms with E-state index in [-0.39, 0.29) is 5.82 Å². The SMILES string of the molecule is Fc1ccc(Br)c(-c2nc(Br)cc(Br)n2)c1. The minimum atomic E-state index is -0.321. The van der Waals surface area contributed by atoms with E-state index in [1.54, 1.807) is 12.1 Å². The monoisotopic (exact) mass is 408 g/mol. The number of hydrogen-bond donors (Lipinski definition) is 0. The second-order valence-corrected chi connectivity index (χ2v) is 5.44. The predicted octanol–water partition coefficient (Wildman–Crippen LogP) is 4.57. The summed E-state index contributed by atoms with van der Waals surface area (Å²) in [6, 6.07) is 6.11. The maximum Gasteiger partial charge on any atom is 0.162 e. The second kappa shape index (κ2) is 4.89. The van der Waals surface area contributed by atoms with Gasteiger partial charge in [-0.3, -0.25) is 0 Å². The van der Waals surface area contributed by atoms with Crippen LogP contribution in [0.4, 0.5) is 4.39 Å². The number of rotatable bonds is 1. The fourth-order valence-corrected chi connectivity index (χ4v) is 2.68. The summed E-state index contributed by atoms with van der Waals surface area (Å²) in [5, 5.41) is 0. The lowest BCUT2D eigenvalue weighted by Crippen LogP contribution is -1.92. The Hall–Kier alpha value is -0.330. The summed E-state index contributed by atoms with van der Waals surface area (Å²) in [5.74, 6) is 0.130. The third-order valence-corrected chi connectivity index (χ3v) is 3.34.